The topological polar surface area (TPSA) is 71.5 Å². The van der Waals surface area contributed by atoms with Crippen molar-refractivity contribution in [2.24, 2.45) is 0 Å². The summed E-state index contributed by atoms with van der Waals surface area (Å²) in [6, 6.07) is 16.2. The van der Waals surface area contributed by atoms with Gasteiger partial charge >= 0.3 is 0 Å². The van der Waals surface area contributed by atoms with Crippen molar-refractivity contribution in [2.75, 3.05) is 0 Å². The number of hydrogen-bond acceptors (Lipinski definition) is 6. The lowest BCUT2D eigenvalue weighted by molar-refractivity contribution is 1.00. The molecule has 0 atom stereocenters. The van der Waals surface area contributed by atoms with Crippen molar-refractivity contribution >= 4 is 44.2 Å². The monoisotopic (exact) mass is 444 g/mol. The van der Waals surface area contributed by atoms with Gasteiger partial charge in [0.05, 0.1) is 16.7 Å². The Hall–Kier alpha value is -3.03. The molecule has 1 N–H and O–H groups in total. The number of para-hydroxylation sites is 1. The second-order valence-electron chi connectivity index (χ2n) is 7.47. The van der Waals surface area contributed by atoms with Gasteiger partial charge in [0.15, 0.2) is 0 Å². The molecule has 5 aromatic rings. The number of aryl methyl sites for hydroxylation is 3. The molecule has 0 saturated carbocycles. The summed E-state index contributed by atoms with van der Waals surface area (Å²) in [6.45, 7) is 6.00. The van der Waals surface area contributed by atoms with Crippen molar-refractivity contribution < 1.29 is 0 Å². The van der Waals surface area contributed by atoms with Crippen LogP contribution in [0.1, 0.15) is 22.1 Å². The highest BCUT2D eigenvalue weighted by Gasteiger charge is 2.17. The molecule has 0 radical (unpaired) electrons. The van der Waals surface area contributed by atoms with E-state index in [0.717, 1.165) is 42.6 Å². The van der Waals surface area contributed by atoms with Crippen LogP contribution in [0.3, 0.4) is 0 Å². The first-order valence-corrected chi connectivity index (χ1v) is 11.8. The Kier molecular flexibility index (Phi) is 5.08. The largest absolute Gasteiger partial charge is 0.309 e. The van der Waals surface area contributed by atoms with Crippen LogP contribution in [-0.4, -0.2) is 19.9 Å². The summed E-state index contributed by atoms with van der Waals surface area (Å²) in [7, 11) is 0. The summed E-state index contributed by atoms with van der Waals surface area (Å²) < 4.78 is 0. The Balaban J connectivity index is 1.52. The number of H-pyrrole nitrogens is 1. The second kappa shape index (κ2) is 7.90. The maximum atomic E-state index is 13.0. The lowest BCUT2D eigenvalue weighted by Gasteiger charge is -2.07. The van der Waals surface area contributed by atoms with E-state index in [4.69, 9.17) is 4.98 Å². The minimum absolute atomic E-state index is 0.0933. The molecule has 0 bridgehead atoms. The summed E-state index contributed by atoms with van der Waals surface area (Å²) in [5.74, 6) is 1.91. The molecule has 3 heterocycles. The van der Waals surface area contributed by atoms with Crippen LogP contribution in [0.4, 0.5) is 0 Å². The molecule has 7 heteroatoms. The van der Waals surface area contributed by atoms with E-state index < -0.39 is 0 Å². The molecule has 0 fully saturated rings. The van der Waals surface area contributed by atoms with Crippen LogP contribution >= 0.6 is 23.1 Å². The average molecular weight is 445 g/mol. The summed E-state index contributed by atoms with van der Waals surface area (Å²) in [4.78, 5) is 31.8. The van der Waals surface area contributed by atoms with Crippen LogP contribution < -0.4 is 5.56 Å². The van der Waals surface area contributed by atoms with E-state index >= 15 is 0 Å². The minimum Gasteiger partial charge on any atom is -0.309 e. The number of aromatic amines is 1. The third-order valence-electron chi connectivity index (χ3n) is 5.15. The molecule has 0 saturated heterocycles. The van der Waals surface area contributed by atoms with Gasteiger partial charge in [-0.15, -0.1) is 11.3 Å². The lowest BCUT2D eigenvalue weighted by Crippen LogP contribution is -2.11. The first kappa shape index (κ1) is 19.9. The normalized spacial score (nSPS) is 11.5. The molecule has 0 amide bonds. The quantitative estimate of drug-likeness (QED) is 0.280. The van der Waals surface area contributed by atoms with Gasteiger partial charge in [-0.1, -0.05) is 59.8 Å². The number of rotatable bonds is 4. The van der Waals surface area contributed by atoms with E-state index in [1.807, 2.05) is 38.1 Å². The molecule has 0 spiro atoms. The number of aromatic nitrogens is 4. The number of nitrogens with one attached hydrogen (secondary N) is 1. The van der Waals surface area contributed by atoms with Gasteiger partial charge in [-0.2, -0.15) is 0 Å². The SMILES string of the molecule is Cc1ccc(-c2c(C)sc3nc(CSc4nc(C)nc5ccccc45)[nH]c(=O)c23)cc1. The molecule has 31 heavy (non-hydrogen) atoms. The molecule has 3 aromatic heterocycles. The Bertz CT molecular complexity index is 1490. The average Bonchev–Trinajstić information content (AvgIpc) is 3.09. The van der Waals surface area contributed by atoms with Crippen molar-refractivity contribution in [1.82, 2.24) is 19.9 Å². The number of hydrogen-bond donors (Lipinski definition) is 1. The van der Waals surface area contributed by atoms with Crippen molar-refractivity contribution in [3.8, 4) is 11.1 Å². The Labute approximate surface area is 187 Å². The molecular formula is C24H20N4OS2. The highest BCUT2D eigenvalue weighted by Crippen LogP contribution is 2.36. The maximum Gasteiger partial charge on any atom is 0.260 e. The van der Waals surface area contributed by atoms with Crippen molar-refractivity contribution in [1.29, 1.82) is 0 Å². The summed E-state index contributed by atoms with van der Waals surface area (Å²) in [6.07, 6.45) is 0. The van der Waals surface area contributed by atoms with Gasteiger partial charge in [-0.25, -0.2) is 15.0 Å². The van der Waals surface area contributed by atoms with Gasteiger partial charge in [0.25, 0.3) is 5.56 Å². The predicted octanol–water partition coefficient (Wildman–Crippen LogP) is 5.81. The fourth-order valence-corrected chi connectivity index (χ4v) is 5.70. The third-order valence-corrected chi connectivity index (χ3v) is 7.15. The van der Waals surface area contributed by atoms with Crippen molar-refractivity contribution in [3.05, 3.63) is 81.0 Å². The van der Waals surface area contributed by atoms with E-state index in [1.54, 1.807) is 23.1 Å². The van der Waals surface area contributed by atoms with Crippen LogP contribution in [-0.2, 0) is 5.75 Å². The number of benzene rings is 2. The molecule has 0 unspecified atom stereocenters. The van der Waals surface area contributed by atoms with Gasteiger partial charge in [0.1, 0.15) is 21.5 Å². The van der Waals surface area contributed by atoms with E-state index in [1.165, 1.54) is 5.56 Å². The molecule has 5 nitrogen and oxygen atoms in total. The van der Waals surface area contributed by atoms with Gasteiger partial charge in [0.2, 0.25) is 0 Å². The number of nitrogens with zero attached hydrogens (tertiary/aromatic N) is 3. The van der Waals surface area contributed by atoms with Crippen LogP contribution in [0.2, 0.25) is 0 Å². The molecule has 0 aliphatic rings. The molecular weight excluding hydrogens is 424 g/mol. The predicted molar refractivity (Wildman–Crippen MR) is 129 cm³/mol. The van der Waals surface area contributed by atoms with E-state index in [0.29, 0.717) is 17.0 Å². The Morgan fingerprint density at radius 3 is 2.55 bits per heavy atom. The van der Waals surface area contributed by atoms with E-state index in [-0.39, 0.29) is 5.56 Å². The summed E-state index contributed by atoms with van der Waals surface area (Å²) in [5.41, 5.74) is 4.05. The first-order valence-electron chi connectivity index (χ1n) is 9.95. The minimum atomic E-state index is -0.0933. The Morgan fingerprint density at radius 1 is 0.968 bits per heavy atom. The van der Waals surface area contributed by atoms with Gasteiger partial charge in [0, 0.05) is 15.8 Å². The number of thiophene rings is 1. The van der Waals surface area contributed by atoms with E-state index in [2.05, 4.69) is 46.1 Å². The zero-order chi connectivity index (χ0) is 21.5. The Morgan fingerprint density at radius 2 is 1.74 bits per heavy atom. The highest BCUT2D eigenvalue weighted by molar-refractivity contribution is 7.98. The van der Waals surface area contributed by atoms with Gasteiger partial charge in [-0.05, 0) is 32.4 Å². The zero-order valence-electron chi connectivity index (χ0n) is 17.4. The van der Waals surface area contributed by atoms with Gasteiger partial charge < -0.3 is 4.98 Å². The maximum absolute atomic E-state index is 13.0. The smallest absolute Gasteiger partial charge is 0.260 e. The van der Waals surface area contributed by atoms with Crippen LogP contribution in [0, 0.1) is 20.8 Å². The summed E-state index contributed by atoms with van der Waals surface area (Å²) >= 11 is 3.13. The lowest BCUT2D eigenvalue weighted by atomic mass is 10.0. The van der Waals surface area contributed by atoms with Crippen LogP contribution in [0.25, 0.3) is 32.2 Å². The first-order chi connectivity index (χ1) is 15.0. The number of fused-ring (bicyclic) bond motifs is 2. The standard InChI is InChI=1S/C24H20N4OS2/c1-13-8-10-16(11-9-13)20-14(2)31-24-21(20)22(29)27-19(28-24)12-30-23-17-6-4-5-7-18(17)25-15(3)26-23/h4-11H,12H2,1-3H3,(H,27,28,29). The number of thioether (sulfide) groups is 1. The third kappa shape index (κ3) is 3.75. The fraction of sp³-hybridized carbons (Fsp3) is 0.167. The highest BCUT2D eigenvalue weighted by atomic mass is 32.2. The van der Waals surface area contributed by atoms with Crippen LogP contribution in [0.5, 0.6) is 0 Å². The van der Waals surface area contributed by atoms with E-state index in [9.17, 15) is 4.79 Å². The molecule has 0 aliphatic heterocycles. The van der Waals surface area contributed by atoms with Crippen LogP contribution in [0.15, 0.2) is 58.4 Å². The molecule has 5 rings (SSSR count). The van der Waals surface area contributed by atoms with Crippen molar-refractivity contribution in [2.45, 2.75) is 31.6 Å². The molecule has 2 aromatic carbocycles. The van der Waals surface area contributed by atoms with Gasteiger partial charge in [-0.3, -0.25) is 4.79 Å². The molecule has 0 aliphatic carbocycles. The zero-order valence-corrected chi connectivity index (χ0v) is 19.0. The second-order valence-corrected chi connectivity index (χ2v) is 9.64. The fourth-order valence-electron chi connectivity index (χ4n) is 3.70. The summed E-state index contributed by atoms with van der Waals surface area (Å²) in [5, 5.41) is 2.58. The van der Waals surface area contributed by atoms with Crippen molar-refractivity contribution in [3.63, 3.8) is 0 Å². The molecule has 154 valence electrons.